The molecule has 1 atom stereocenters. The van der Waals surface area contributed by atoms with Gasteiger partial charge < -0.3 is 10.6 Å². The van der Waals surface area contributed by atoms with Crippen LogP contribution in [0.5, 0.6) is 0 Å². The van der Waals surface area contributed by atoms with Gasteiger partial charge in [0.2, 0.25) is 0 Å². The number of anilines is 1. The number of aromatic nitrogens is 1. The van der Waals surface area contributed by atoms with E-state index in [0.717, 1.165) is 5.56 Å². The van der Waals surface area contributed by atoms with Crippen LogP contribution in [0.1, 0.15) is 12.5 Å². The van der Waals surface area contributed by atoms with Gasteiger partial charge in [-0.25, -0.2) is 13.8 Å². The van der Waals surface area contributed by atoms with Gasteiger partial charge in [0.25, 0.3) is 6.43 Å². The van der Waals surface area contributed by atoms with Gasteiger partial charge in [-0.3, -0.25) is 0 Å². The highest BCUT2D eigenvalue weighted by molar-refractivity contribution is 5.46. The molecule has 0 spiro atoms. The second-order valence-electron chi connectivity index (χ2n) is 4.36. The van der Waals surface area contributed by atoms with Crippen molar-refractivity contribution in [3.05, 3.63) is 23.9 Å². The lowest BCUT2D eigenvalue weighted by Gasteiger charge is -2.25. The summed E-state index contributed by atoms with van der Waals surface area (Å²) < 4.78 is 25.3. The third kappa shape index (κ3) is 2.88. The van der Waals surface area contributed by atoms with E-state index in [2.05, 4.69) is 4.98 Å². The predicted molar refractivity (Wildman–Crippen MR) is 60.9 cm³/mol. The number of pyridine rings is 1. The molecule has 1 aromatic heterocycles. The van der Waals surface area contributed by atoms with Gasteiger partial charge in [0, 0.05) is 20.3 Å². The summed E-state index contributed by atoms with van der Waals surface area (Å²) in [5.74, 6) is 0.680. The molecule has 0 aliphatic rings. The number of hydrogen-bond donors (Lipinski definition) is 1. The van der Waals surface area contributed by atoms with Crippen molar-refractivity contribution in [3.63, 3.8) is 0 Å². The lowest BCUT2D eigenvalue weighted by Crippen LogP contribution is -2.46. The quantitative estimate of drug-likeness (QED) is 0.854. The lowest BCUT2D eigenvalue weighted by atomic mass is 9.94. The summed E-state index contributed by atoms with van der Waals surface area (Å²) in [7, 11) is 3.64. The highest BCUT2D eigenvalue weighted by Crippen LogP contribution is 2.23. The Bertz CT molecular complexity index is 351. The number of alkyl halides is 2. The first-order valence-corrected chi connectivity index (χ1v) is 5.03. The fraction of sp³-hybridized carbons (Fsp3) is 0.545. The number of halogens is 2. The van der Waals surface area contributed by atoms with Crippen LogP contribution in [-0.2, 0) is 6.42 Å². The fourth-order valence-electron chi connectivity index (χ4n) is 1.46. The standard InChI is InChI=1S/C11H17F2N3/c1-11(14,10(12)13)7-8-5-4-6-15-9(8)16(2)3/h4-6,10H,7,14H2,1-3H3. The Hall–Kier alpha value is -1.23. The molecule has 0 radical (unpaired) electrons. The Kier molecular flexibility index (Phi) is 3.80. The van der Waals surface area contributed by atoms with Crippen LogP contribution in [-0.4, -0.2) is 31.0 Å². The molecule has 1 aromatic rings. The molecule has 0 saturated carbocycles. The highest BCUT2D eigenvalue weighted by Gasteiger charge is 2.31. The van der Waals surface area contributed by atoms with Crippen molar-refractivity contribution < 1.29 is 8.78 Å². The zero-order valence-electron chi connectivity index (χ0n) is 9.74. The van der Waals surface area contributed by atoms with E-state index >= 15 is 0 Å². The molecule has 1 unspecified atom stereocenters. The maximum absolute atomic E-state index is 12.7. The second-order valence-corrected chi connectivity index (χ2v) is 4.36. The monoisotopic (exact) mass is 229 g/mol. The minimum atomic E-state index is -2.55. The van der Waals surface area contributed by atoms with E-state index in [1.165, 1.54) is 6.92 Å². The molecule has 0 aromatic carbocycles. The van der Waals surface area contributed by atoms with Crippen molar-refractivity contribution in [3.8, 4) is 0 Å². The number of hydrogen-bond acceptors (Lipinski definition) is 3. The molecular formula is C11H17F2N3. The number of nitrogens with two attached hydrogens (primary N) is 1. The summed E-state index contributed by atoms with van der Waals surface area (Å²) in [6, 6.07) is 3.50. The van der Waals surface area contributed by atoms with E-state index in [1.54, 1.807) is 23.2 Å². The van der Waals surface area contributed by atoms with E-state index in [4.69, 9.17) is 5.73 Å². The predicted octanol–water partition coefficient (Wildman–Crippen LogP) is 1.67. The Morgan fingerprint density at radius 1 is 1.50 bits per heavy atom. The average Bonchev–Trinajstić information content (AvgIpc) is 2.17. The molecule has 0 aliphatic carbocycles. The van der Waals surface area contributed by atoms with Crippen molar-refractivity contribution >= 4 is 5.82 Å². The maximum atomic E-state index is 12.7. The van der Waals surface area contributed by atoms with E-state index in [-0.39, 0.29) is 6.42 Å². The first kappa shape index (κ1) is 12.8. The third-order valence-electron chi connectivity index (χ3n) is 2.36. The van der Waals surface area contributed by atoms with Crippen molar-refractivity contribution in [1.82, 2.24) is 4.98 Å². The normalized spacial score (nSPS) is 14.9. The topological polar surface area (TPSA) is 42.2 Å². The van der Waals surface area contributed by atoms with Gasteiger partial charge in [-0.2, -0.15) is 0 Å². The van der Waals surface area contributed by atoms with Crippen LogP contribution < -0.4 is 10.6 Å². The van der Waals surface area contributed by atoms with E-state index in [9.17, 15) is 8.78 Å². The van der Waals surface area contributed by atoms with Crippen LogP contribution in [0.15, 0.2) is 18.3 Å². The molecule has 90 valence electrons. The highest BCUT2D eigenvalue weighted by atomic mass is 19.3. The minimum Gasteiger partial charge on any atom is -0.363 e. The first-order chi connectivity index (χ1) is 7.34. The van der Waals surface area contributed by atoms with Gasteiger partial charge in [0.05, 0.1) is 5.54 Å². The summed E-state index contributed by atoms with van der Waals surface area (Å²) in [4.78, 5) is 5.94. The molecule has 2 N–H and O–H groups in total. The molecule has 3 nitrogen and oxygen atoms in total. The van der Waals surface area contributed by atoms with Gasteiger partial charge in [-0.05, 0) is 25.0 Å². The molecule has 16 heavy (non-hydrogen) atoms. The number of nitrogens with zero attached hydrogens (tertiary/aromatic N) is 2. The van der Waals surface area contributed by atoms with Crippen molar-refractivity contribution in [2.24, 2.45) is 5.73 Å². The SMILES string of the molecule is CN(C)c1ncccc1CC(C)(N)C(F)F. The van der Waals surface area contributed by atoms with Crippen LogP contribution in [0.25, 0.3) is 0 Å². The molecule has 0 amide bonds. The average molecular weight is 229 g/mol. The molecule has 1 heterocycles. The molecule has 0 bridgehead atoms. The molecule has 1 rings (SSSR count). The van der Waals surface area contributed by atoms with Crippen LogP contribution in [0.2, 0.25) is 0 Å². The first-order valence-electron chi connectivity index (χ1n) is 5.03. The summed E-state index contributed by atoms with van der Waals surface area (Å²) in [5.41, 5.74) is 4.78. The van der Waals surface area contributed by atoms with Gasteiger partial charge in [0.15, 0.2) is 0 Å². The largest absolute Gasteiger partial charge is 0.363 e. The van der Waals surface area contributed by atoms with Gasteiger partial charge in [-0.1, -0.05) is 6.07 Å². The summed E-state index contributed by atoms with van der Waals surface area (Å²) in [5, 5.41) is 0. The molecule has 5 heteroatoms. The minimum absolute atomic E-state index is 0.103. The van der Waals surface area contributed by atoms with E-state index in [0.29, 0.717) is 5.82 Å². The summed E-state index contributed by atoms with van der Waals surface area (Å²) >= 11 is 0. The van der Waals surface area contributed by atoms with Crippen molar-refractivity contribution in [1.29, 1.82) is 0 Å². The molecule has 0 fully saturated rings. The lowest BCUT2D eigenvalue weighted by molar-refractivity contribution is 0.0639. The molecule has 0 saturated heterocycles. The van der Waals surface area contributed by atoms with Crippen LogP contribution in [0, 0.1) is 0 Å². The second kappa shape index (κ2) is 4.74. The van der Waals surface area contributed by atoms with E-state index < -0.39 is 12.0 Å². The Morgan fingerprint density at radius 2 is 2.12 bits per heavy atom. The van der Waals surface area contributed by atoms with Crippen molar-refractivity contribution in [2.75, 3.05) is 19.0 Å². The number of rotatable bonds is 4. The van der Waals surface area contributed by atoms with Gasteiger partial charge in [-0.15, -0.1) is 0 Å². The summed E-state index contributed by atoms with van der Waals surface area (Å²) in [6.07, 6.45) is -0.816. The van der Waals surface area contributed by atoms with Gasteiger partial charge >= 0.3 is 0 Å². The smallest absolute Gasteiger partial charge is 0.256 e. The third-order valence-corrected chi connectivity index (χ3v) is 2.36. The Labute approximate surface area is 94.3 Å². The Morgan fingerprint density at radius 3 is 2.62 bits per heavy atom. The van der Waals surface area contributed by atoms with Crippen molar-refractivity contribution in [2.45, 2.75) is 25.3 Å². The van der Waals surface area contributed by atoms with E-state index in [1.807, 2.05) is 14.1 Å². The fourth-order valence-corrected chi connectivity index (χ4v) is 1.46. The zero-order valence-corrected chi connectivity index (χ0v) is 9.74. The Balaban J connectivity index is 2.97. The summed E-state index contributed by atoms with van der Waals surface area (Å²) in [6.45, 7) is 1.35. The molecular weight excluding hydrogens is 212 g/mol. The maximum Gasteiger partial charge on any atom is 0.256 e. The van der Waals surface area contributed by atoms with Crippen LogP contribution in [0.4, 0.5) is 14.6 Å². The van der Waals surface area contributed by atoms with Crippen LogP contribution >= 0.6 is 0 Å². The van der Waals surface area contributed by atoms with Gasteiger partial charge in [0.1, 0.15) is 5.82 Å². The zero-order chi connectivity index (χ0) is 12.3. The van der Waals surface area contributed by atoms with Crippen LogP contribution in [0.3, 0.4) is 0 Å². The molecule has 0 aliphatic heterocycles.